The molecule has 0 aromatic heterocycles. The smallest absolute Gasteiger partial charge is 0.0445 e. The Morgan fingerprint density at radius 2 is 1.67 bits per heavy atom. The second-order valence-electron chi connectivity index (χ2n) is 3.48. The molecule has 0 aliphatic rings. The highest BCUT2D eigenvalue weighted by molar-refractivity contribution is 6.23. The highest BCUT2D eigenvalue weighted by atomic mass is 35.5. The van der Waals surface area contributed by atoms with Crippen molar-refractivity contribution in [3.05, 3.63) is 11.6 Å². The van der Waals surface area contributed by atoms with E-state index >= 15 is 0 Å². The van der Waals surface area contributed by atoms with Crippen molar-refractivity contribution in [2.75, 3.05) is 11.8 Å². The monoisotopic (exact) mass is 246 g/mol. The van der Waals surface area contributed by atoms with Crippen molar-refractivity contribution in [1.82, 2.24) is 0 Å². The first-order chi connectivity index (χ1) is 7.35. The molecule has 0 rings (SSSR count). The average molecular weight is 247 g/mol. The highest BCUT2D eigenvalue weighted by Gasteiger charge is 1.91. The third-order valence-corrected chi connectivity index (χ3v) is 2.75. The Kier molecular flexibility index (Phi) is 11.9. The Bertz CT molecular complexity index is 214. The molecule has 86 valence electrons. The molecule has 0 unspecified atom stereocenters. The van der Waals surface area contributed by atoms with E-state index in [0.29, 0.717) is 11.8 Å². The van der Waals surface area contributed by atoms with Crippen LogP contribution in [0.4, 0.5) is 0 Å². The van der Waals surface area contributed by atoms with Gasteiger partial charge < -0.3 is 0 Å². The van der Waals surface area contributed by atoms with Gasteiger partial charge in [0.25, 0.3) is 0 Å². The van der Waals surface area contributed by atoms with Crippen molar-refractivity contribution in [2.24, 2.45) is 0 Å². The summed E-state index contributed by atoms with van der Waals surface area (Å²) < 4.78 is 0. The van der Waals surface area contributed by atoms with Crippen LogP contribution in [0.25, 0.3) is 0 Å². The van der Waals surface area contributed by atoms with Crippen molar-refractivity contribution < 1.29 is 0 Å². The zero-order valence-electron chi connectivity index (χ0n) is 9.49. The van der Waals surface area contributed by atoms with Gasteiger partial charge >= 0.3 is 0 Å². The molecule has 0 heterocycles. The quantitative estimate of drug-likeness (QED) is 0.263. The van der Waals surface area contributed by atoms with E-state index in [1.165, 1.54) is 12.8 Å². The summed E-state index contributed by atoms with van der Waals surface area (Å²) in [5, 5.41) is 0. The van der Waals surface area contributed by atoms with Gasteiger partial charge in [-0.15, -0.1) is 35.0 Å². The molecule has 15 heavy (non-hydrogen) atoms. The average Bonchev–Trinajstić information content (AvgIpc) is 2.27. The molecule has 0 aromatic rings. The van der Waals surface area contributed by atoms with E-state index in [2.05, 4.69) is 24.8 Å². The van der Waals surface area contributed by atoms with Crippen LogP contribution in [-0.4, -0.2) is 11.8 Å². The molecule has 0 aromatic carbocycles. The lowest BCUT2D eigenvalue weighted by atomic mass is 10.2. The van der Waals surface area contributed by atoms with Crippen molar-refractivity contribution in [3.63, 3.8) is 0 Å². The zero-order valence-corrected chi connectivity index (χ0v) is 11.0. The van der Waals surface area contributed by atoms with Gasteiger partial charge in [0.2, 0.25) is 0 Å². The number of unbranched alkanes of at least 4 members (excludes halogenated alkanes) is 4. The first-order valence-electron chi connectivity index (χ1n) is 5.60. The number of hydrogen-bond acceptors (Lipinski definition) is 0. The number of allylic oxidation sites excluding steroid dienone is 2. The fraction of sp³-hybridized carbons (Fsp3) is 0.692. The predicted molar refractivity (Wildman–Crippen MR) is 70.7 cm³/mol. The van der Waals surface area contributed by atoms with Crippen LogP contribution in [0.3, 0.4) is 0 Å². The van der Waals surface area contributed by atoms with E-state index in [-0.39, 0.29) is 0 Å². The Morgan fingerprint density at radius 1 is 1.07 bits per heavy atom. The largest absolute Gasteiger partial charge is 0.122 e. The first kappa shape index (κ1) is 14.9. The summed E-state index contributed by atoms with van der Waals surface area (Å²) in [4.78, 5) is 0. The van der Waals surface area contributed by atoms with Crippen LogP contribution < -0.4 is 0 Å². The van der Waals surface area contributed by atoms with E-state index in [1.54, 1.807) is 0 Å². The summed E-state index contributed by atoms with van der Waals surface area (Å²) in [5.74, 6) is 7.46. The van der Waals surface area contributed by atoms with Gasteiger partial charge in [0.15, 0.2) is 0 Å². The molecule has 0 spiro atoms. The van der Waals surface area contributed by atoms with Gasteiger partial charge in [0.1, 0.15) is 0 Å². The van der Waals surface area contributed by atoms with Crippen LogP contribution >= 0.6 is 23.2 Å². The molecule has 0 fully saturated rings. The van der Waals surface area contributed by atoms with Gasteiger partial charge in [0.05, 0.1) is 0 Å². The third kappa shape index (κ3) is 10.2. The summed E-state index contributed by atoms with van der Waals surface area (Å²) in [6.45, 7) is 2.19. The van der Waals surface area contributed by atoms with Crippen LogP contribution in [0, 0.1) is 11.8 Å². The lowest BCUT2D eigenvalue weighted by Crippen LogP contribution is -1.85. The predicted octanol–water partition coefficient (Wildman–Crippen LogP) is 4.75. The van der Waals surface area contributed by atoms with E-state index in [0.717, 1.165) is 31.3 Å². The minimum Gasteiger partial charge on any atom is -0.122 e. The summed E-state index contributed by atoms with van der Waals surface area (Å²) in [7, 11) is 0. The van der Waals surface area contributed by atoms with Crippen LogP contribution in [0.2, 0.25) is 0 Å². The van der Waals surface area contributed by atoms with Crippen molar-refractivity contribution in [2.45, 2.75) is 45.4 Å². The van der Waals surface area contributed by atoms with Crippen LogP contribution in [0.15, 0.2) is 11.6 Å². The molecule has 0 bridgehead atoms. The molecule has 0 atom stereocenters. The normalized spacial score (nSPS) is 9.27. The maximum Gasteiger partial charge on any atom is 0.0445 e. The summed E-state index contributed by atoms with van der Waals surface area (Å²) >= 11 is 11.4. The molecule has 0 aliphatic heterocycles. The van der Waals surface area contributed by atoms with E-state index in [4.69, 9.17) is 23.2 Å². The Labute approximate surface area is 104 Å². The molecular weight excluding hydrogens is 227 g/mol. The number of halogens is 2. The fourth-order valence-electron chi connectivity index (χ4n) is 1.08. The fourth-order valence-corrected chi connectivity index (χ4v) is 1.59. The van der Waals surface area contributed by atoms with E-state index in [1.807, 2.05) is 0 Å². The van der Waals surface area contributed by atoms with Gasteiger partial charge in [-0.05, 0) is 24.8 Å². The molecule has 0 nitrogen and oxygen atoms in total. The number of hydrogen-bond donors (Lipinski definition) is 0. The van der Waals surface area contributed by atoms with Gasteiger partial charge in [0, 0.05) is 24.6 Å². The molecule has 0 saturated carbocycles. The Balaban J connectivity index is 3.44. The summed E-state index contributed by atoms with van der Waals surface area (Å²) in [6, 6.07) is 0. The van der Waals surface area contributed by atoms with Crippen molar-refractivity contribution in [3.8, 4) is 11.8 Å². The topological polar surface area (TPSA) is 0 Å². The molecular formula is C13H20Cl2. The molecule has 0 N–H and O–H groups in total. The maximum atomic E-state index is 5.68. The highest BCUT2D eigenvalue weighted by Crippen LogP contribution is 2.05. The molecule has 0 radical (unpaired) electrons. The third-order valence-electron chi connectivity index (χ3n) is 2.06. The van der Waals surface area contributed by atoms with Gasteiger partial charge in [-0.25, -0.2) is 0 Å². The second-order valence-corrected chi connectivity index (χ2v) is 4.01. The zero-order chi connectivity index (χ0) is 11.4. The molecule has 0 saturated heterocycles. The number of rotatable bonds is 7. The lowest BCUT2D eigenvalue weighted by molar-refractivity contribution is 0.824. The van der Waals surface area contributed by atoms with Crippen LogP contribution in [0.1, 0.15) is 45.4 Å². The van der Waals surface area contributed by atoms with Crippen LogP contribution in [-0.2, 0) is 0 Å². The summed E-state index contributed by atoms with van der Waals surface area (Å²) in [5.41, 5.74) is 1.12. The SMILES string of the molecule is CCCCC#CCCCC=C(CCl)CCl. The Hall–Kier alpha value is -0.120. The molecule has 0 aliphatic carbocycles. The second kappa shape index (κ2) is 12.0. The lowest BCUT2D eigenvalue weighted by Gasteiger charge is -1.96. The van der Waals surface area contributed by atoms with E-state index in [9.17, 15) is 0 Å². The summed E-state index contributed by atoms with van der Waals surface area (Å²) in [6.07, 6.45) is 8.75. The number of alkyl halides is 2. The molecule has 0 amide bonds. The minimum atomic E-state index is 0.547. The molecule has 2 heteroatoms. The van der Waals surface area contributed by atoms with Crippen LogP contribution in [0.5, 0.6) is 0 Å². The first-order valence-corrected chi connectivity index (χ1v) is 6.67. The maximum absolute atomic E-state index is 5.68. The van der Waals surface area contributed by atoms with Gasteiger partial charge in [-0.1, -0.05) is 19.4 Å². The minimum absolute atomic E-state index is 0.547. The van der Waals surface area contributed by atoms with Gasteiger partial charge in [-0.3, -0.25) is 0 Å². The van der Waals surface area contributed by atoms with E-state index < -0.39 is 0 Å². The van der Waals surface area contributed by atoms with Crippen molar-refractivity contribution >= 4 is 23.2 Å². The van der Waals surface area contributed by atoms with Crippen molar-refractivity contribution in [1.29, 1.82) is 0 Å². The Morgan fingerprint density at radius 3 is 2.20 bits per heavy atom. The van der Waals surface area contributed by atoms with Gasteiger partial charge in [-0.2, -0.15) is 0 Å². The standard InChI is InChI=1S/C13H20Cl2/c1-2-3-4-5-6-7-8-9-10-13(11-14)12-15/h10H,2-4,7-9,11-12H2,1H3.